The first kappa shape index (κ1) is 10.8. The molecule has 0 saturated heterocycles. The van der Waals surface area contributed by atoms with Crippen molar-refractivity contribution < 1.29 is 18.4 Å². The molecule has 0 aliphatic rings. The SMILES string of the molecule is Cc1cc(F)c(-c2cc(CO)no2)cc1F. The number of hydrogen-bond acceptors (Lipinski definition) is 3. The van der Waals surface area contributed by atoms with E-state index in [1.165, 1.54) is 13.0 Å². The Morgan fingerprint density at radius 2 is 2.00 bits per heavy atom. The van der Waals surface area contributed by atoms with E-state index in [0.717, 1.165) is 12.1 Å². The molecule has 0 bridgehead atoms. The van der Waals surface area contributed by atoms with Crippen molar-refractivity contribution in [1.29, 1.82) is 0 Å². The second kappa shape index (κ2) is 4.02. The number of hydrogen-bond donors (Lipinski definition) is 1. The molecule has 1 aromatic carbocycles. The molecule has 2 aromatic rings. The lowest BCUT2D eigenvalue weighted by Crippen LogP contribution is -1.89. The summed E-state index contributed by atoms with van der Waals surface area (Å²) in [7, 11) is 0. The van der Waals surface area contributed by atoms with Gasteiger partial charge in [-0.1, -0.05) is 5.16 Å². The normalized spacial score (nSPS) is 10.8. The molecule has 16 heavy (non-hydrogen) atoms. The first-order valence-electron chi connectivity index (χ1n) is 4.64. The molecule has 3 nitrogen and oxygen atoms in total. The van der Waals surface area contributed by atoms with Gasteiger partial charge in [-0.25, -0.2) is 8.78 Å². The van der Waals surface area contributed by atoms with Gasteiger partial charge in [-0.3, -0.25) is 0 Å². The van der Waals surface area contributed by atoms with Crippen molar-refractivity contribution in [3.63, 3.8) is 0 Å². The summed E-state index contributed by atoms with van der Waals surface area (Å²) in [5.74, 6) is -1.00. The highest BCUT2D eigenvalue weighted by Gasteiger charge is 2.13. The van der Waals surface area contributed by atoms with E-state index in [1.54, 1.807) is 0 Å². The number of aliphatic hydroxyl groups excluding tert-OH is 1. The molecule has 0 fully saturated rings. The smallest absolute Gasteiger partial charge is 0.170 e. The summed E-state index contributed by atoms with van der Waals surface area (Å²) < 4.78 is 31.6. The minimum absolute atomic E-state index is 0.00435. The molecular formula is C11H9F2NO2. The van der Waals surface area contributed by atoms with E-state index < -0.39 is 11.6 Å². The van der Waals surface area contributed by atoms with Crippen LogP contribution >= 0.6 is 0 Å². The minimum Gasteiger partial charge on any atom is -0.390 e. The Morgan fingerprint density at radius 1 is 1.25 bits per heavy atom. The average molecular weight is 225 g/mol. The van der Waals surface area contributed by atoms with Crippen molar-refractivity contribution >= 4 is 0 Å². The van der Waals surface area contributed by atoms with E-state index in [1.807, 2.05) is 0 Å². The fourth-order valence-corrected chi connectivity index (χ4v) is 1.35. The van der Waals surface area contributed by atoms with Gasteiger partial charge in [0.2, 0.25) is 0 Å². The zero-order chi connectivity index (χ0) is 11.7. The molecule has 0 unspecified atom stereocenters. The van der Waals surface area contributed by atoms with Crippen LogP contribution in [0.1, 0.15) is 11.3 Å². The van der Waals surface area contributed by atoms with Crippen LogP contribution in [0.5, 0.6) is 0 Å². The second-order valence-electron chi connectivity index (χ2n) is 3.42. The highest BCUT2D eigenvalue weighted by Crippen LogP contribution is 2.26. The topological polar surface area (TPSA) is 46.3 Å². The third-order valence-corrected chi connectivity index (χ3v) is 2.23. The fraction of sp³-hybridized carbons (Fsp3) is 0.182. The lowest BCUT2D eigenvalue weighted by Gasteiger charge is -2.01. The second-order valence-corrected chi connectivity index (χ2v) is 3.42. The molecule has 0 saturated carbocycles. The highest BCUT2D eigenvalue weighted by molar-refractivity contribution is 5.59. The highest BCUT2D eigenvalue weighted by atomic mass is 19.1. The Balaban J connectivity index is 2.51. The fourth-order valence-electron chi connectivity index (χ4n) is 1.35. The van der Waals surface area contributed by atoms with Gasteiger partial charge in [-0.15, -0.1) is 0 Å². The Morgan fingerprint density at radius 3 is 2.62 bits per heavy atom. The Kier molecular flexibility index (Phi) is 2.70. The maximum atomic E-state index is 13.5. The van der Waals surface area contributed by atoms with Gasteiger partial charge in [0.1, 0.15) is 17.3 Å². The predicted octanol–water partition coefficient (Wildman–Crippen LogP) is 2.42. The first-order chi connectivity index (χ1) is 7.61. The third kappa shape index (κ3) is 1.81. The van der Waals surface area contributed by atoms with Gasteiger partial charge < -0.3 is 9.63 Å². The van der Waals surface area contributed by atoms with Gasteiger partial charge in [0, 0.05) is 6.07 Å². The zero-order valence-electron chi connectivity index (χ0n) is 8.50. The summed E-state index contributed by atoms with van der Waals surface area (Å²) in [5.41, 5.74) is 0.494. The molecule has 0 radical (unpaired) electrons. The van der Waals surface area contributed by atoms with E-state index in [0.29, 0.717) is 0 Å². The van der Waals surface area contributed by atoms with Crippen molar-refractivity contribution in [1.82, 2.24) is 5.16 Å². The minimum atomic E-state index is -0.584. The number of aryl methyl sites for hydroxylation is 1. The molecule has 0 aliphatic heterocycles. The zero-order valence-corrected chi connectivity index (χ0v) is 8.50. The van der Waals surface area contributed by atoms with Crippen LogP contribution in [0.3, 0.4) is 0 Å². The van der Waals surface area contributed by atoms with Crippen LogP contribution in [0.25, 0.3) is 11.3 Å². The van der Waals surface area contributed by atoms with Crippen LogP contribution in [-0.2, 0) is 6.61 Å². The van der Waals surface area contributed by atoms with E-state index in [2.05, 4.69) is 5.16 Å². The molecule has 0 spiro atoms. The largest absolute Gasteiger partial charge is 0.390 e. The third-order valence-electron chi connectivity index (χ3n) is 2.23. The van der Waals surface area contributed by atoms with Crippen molar-refractivity contribution in [2.75, 3.05) is 0 Å². The average Bonchev–Trinajstić information content (AvgIpc) is 2.71. The molecule has 1 aromatic heterocycles. The summed E-state index contributed by atoms with van der Waals surface area (Å²) in [6.45, 7) is 1.17. The van der Waals surface area contributed by atoms with Crippen molar-refractivity contribution in [3.8, 4) is 11.3 Å². The molecule has 5 heteroatoms. The number of rotatable bonds is 2. The van der Waals surface area contributed by atoms with Gasteiger partial charge in [0.25, 0.3) is 0 Å². The Bertz CT molecular complexity index is 523. The van der Waals surface area contributed by atoms with Gasteiger partial charge in [0.15, 0.2) is 5.76 Å². The first-order valence-corrected chi connectivity index (χ1v) is 4.64. The summed E-state index contributed by atoms with van der Waals surface area (Å²) in [5, 5.41) is 12.3. The maximum Gasteiger partial charge on any atom is 0.170 e. The van der Waals surface area contributed by atoms with Crippen LogP contribution in [-0.4, -0.2) is 10.3 Å². The summed E-state index contributed by atoms with van der Waals surface area (Å²) in [6.07, 6.45) is 0. The van der Waals surface area contributed by atoms with Crippen molar-refractivity contribution in [2.24, 2.45) is 0 Å². The number of aliphatic hydroxyl groups is 1. The van der Waals surface area contributed by atoms with Crippen LogP contribution in [0.15, 0.2) is 22.7 Å². The molecule has 0 aliphatic carbocycles. The summed E-state index contributed by atoms with van der Waals surface area (Å²) >= 11 is 0. The van der Waals surface area contributed by atoms with Crippen LogP contribution in [0.4, 0.5) is 8.78 Å². The lowest BCUT2D eigenvalue weighted by molar-refractivity contribution is 0.267. The predicted molar refractivity (Wildman–Crippen MR) is 52.5 cm³/mol. The molecule has 0 amide bonds. The standard InChI is InChI=1S/C11H9F2NO2/c1-6-2-10(13)8(4-9(6)12)11-3-7(5-15)14-16-11/h2-4,15H,5H2,1H3. The molecule has 0 atom stereocenters. The van der Waals surface area contributed by atoms with Crippen LogP contribution < -0.4 is 0 Å². The van der Waals surface area contributed by atoms with Gasteiger partial charge >= 0.3 is 0 Å². The quantitative estimate of drug-likeness (QED) is 0.853. The monoisotopic (exact) mass is 225 g/mol. The lowest BCUT2D eigenvalue weighted by atomic mass is 10.1. The van der Waals surface area contributed by atoms with E-state index in [-0.39, 0.29) is 29.2 Å². The van der Waals surface area contributed by atoms with Crippen LogP contribution in [0.2, 0.25) is 0 Å². The Labute approximate surface area is 90.3 Å². The van der Waals surface area contributed by atoms with Crippen LogP contribution in [0, 0.1) is 18.6 Å². The maximum absolute atomic E-state index is 13.5. The Hall–Kier alpha value is -1.75. The van der Waals surface area contributed by atoms with Gasteiger partial charge in [0.05, 0.1) is 12.2 Å². The summed E-state index contributed by atoms with van der Waals surface area (Å²) in [6, 6.07) is 3.51. The number of aromatic nitrogens is 1. The van der Waals surface area contributed by atoms with E-state index in [4.69, 9.17) is 9.63 Å². The number of halogens is 2. The molecular weight excluding hydrogens is 216 g/mol. The molecule has 2 rings (SSSR count). The van der Waals surface area contributed by atoms with E-state index >= 15 is 0 Å². The van der Waals surface area contributed by atoms with Crippen molar-refractivity contribution in [3.05, 3.63) is 41.1 Å². The number of benzene rings is 1. The molecule has 84 valence electrons. The number of nitrogens with zero attached hydrogens (tertiary/aromatic N) is 1. The van der Waals surface area contributed by atoms with Gasteiger partial charge in [-0.2, -0.15) is 0 Å². The van der Waals surface area contributed by atoms with E-state index in [9.17, 15) is 8.78 Å². The molecule has 1 N–H and O–H groups in total. The van der Waals surface area contributed by atoms with Gasteiger partial charge in [-0.05, 0) is 24.6 Å². The molecule has 1 heterocycles. The summed E-state index contributed by atoms with van der Waals surface area (Å²) in [4.78, 5) is 0. The van der Waals surface area contributed by atoms with Crippen molar-refractivity contribution in [2.45, 2.75) is 13.5 Å².